The normalized spacial score (nSPS) is 10.8. The first-order chi connectivity index (χ1) is 8.59. The number of benzene rings is 1. The van der Waals surface area contributed by atoms with E-state index in [4.69, 9.17) is 0 Å². The van der Waals surface area contributed by atoms with Gasteiger partial charge in [-0.1, -0.05) is 59.2 Å². The minimum absolute atomic E-state index is 0.410. The van der Waals surface area contributed by atoms with Crippen LogP contribution in [-0.2, 0) is 5.41 Å². The summed E-state index contributed by atoms with van der Waals surface area (Å²) in [6.07, 6.45) is 5.08. The average molecular weight is 248 g/mol. The Morgan fingerprint density at radius 2 is 1.44 bits per heavy atom. The van der Waals surface area contributed by atoms with Gasteiger partial charge >= 0.3 is 0 Å². The van der Waals surface area contributed by atoms with Crippen LogP contribution in [0.3, 0.4) is 0 Å². The highest BCUT2D eigenvalue weighted by Gasteiger charge is 2.27. The molecule has 0 saturated carbocycles. The second kappa shape index (κ2) is 8.34. The fourth-order valence-electron chi connectivity index (χ4n) is 2.71. The van der Waals surface area contributed by atoms with E-state index in [1.807, 2.05) is 13.8 Å². The Kier molecular flexibility index (Phi) is 7.98. The van der Waals surface area contributed by atoms with E-state index in [0.717, 1.165) is 0 Å². The highest BCUT2D eigenvalue weighted by atomic mass is 14.3. The SMILES string of the molecule is CC.CCCC(CC)(CC)c1ccc(C)c(C)c1. The van der Waals surface area contributed by atoms with Crippen molar-refractivity contribution in [3.05, 3.63) is 34.9 Å². The van der Waals surface area contributed by atoms with Gasteiger partial charge in [-0.2, -0.15) is 0 Å². The third-order valence-electron chi connectivity index (χ3n) is 4.20. The van der Waals surface area contributed by atoms with Crippen LogP contribution in [0.4, 0.5) is 0 Å². The maximum Gasteiger partial charge on any atom is -0.00522 e. The lowest BCUT2D eigenvalue weighted by atomic mass is 9.72. The van der Waals surface area contributed by atoms with Gasteiger partial charge in [0.1, 0.15) is 0 Å². The summed E-state index contributed by atoms with van der Waals surface area (Å²) in [7, 11) is 0. The second-order valence-corrected chi connectivity index (χ2v) is 5.04. The maximum atomic E-state index is 2.40. The molecule has 0 heteroatoms. The van der Waals surface area contributed by atoms with E-state index in [1.165, 1.54) is 36.8 Å². The van der Waals surface area contributed by atoms with E-state index in [0.29, 0.717) is 5.41 Å². The molecule has 0 aromatic heterocycles. The summed E-state index contributed by atoms with van der Waals surface area (Å²) in [4.78, 5) is 0. The molecular weight excluding hydrogens is 216 g/mol. The lowest BCUT2D eigenvalue weighted by Gasteiger charge is -2.32. The van der Waals surface area contributed by atoms with Crippen LogP contribution < -0.4 is 0 Å². The van der Waals surface area contributed by atoms with Crippen molar-refractivity contribution < 1.29 is 0 Å². The first-order valence-corrected chi connectivity index (χ1v) is 7.67. The molecular formula is C18H32. The van der Waals surface area contributed by atoms with E-state index in [9.17, 15) is 0 Å². The minimum atomic E-state index is 0.410. The van der Waals surface area contributed by atoms with Crippen LogP contribution in [0.1, 0.15) is 77.0 Å². The van der Waals surface area contributed by atoms with Crippen molar-refractivity contribution in [3.8, 4) is 0 Å². The van der Waals surface area contributed by atoms with E-state index >= 15 is 0 Å². The number of rotatable bonds is 5. The molecule has 0 radical (unpaired) electrons. The molecule has 1 aromatic rings. The van der Waals surface area contributed by atoms with Crippen molar-refractivity contribution in [1.82, 2.24) is 0 Å². The summed E-state index contributed by atoms with van der Waals surface area (Å²) >= 11 is 0. The monoisotopic (exact) mass is 248 g/mol. The van der Waals surface area contributed by atoms with Gasteiger partial charge in [0.25, 0.3) is 0 Å². The third kappa shape index (κ3) is 3.86. The molecule has 18 heavy (non-hydrogen) atoms. The first kappa shape index (κ1) is 17.2. The molecule has 0 bridgehead atoms. The lowest BCUT2D eigenvalue weighted by molar-refractivity contribution is 0.361. The average Bonchev–Trinajstić information content (AvgIpc) is 2.42. The van der Waals surface area contributed by atoms with Crippen LogP contribution in [0.5, 0.6) is 0 Å². The van der Waals surface area contributed by atoms with Crippen LogP contribution in [0.2, 0.25) is 0 Å². The number of hydrogen-bond acceptors (Lipinski definition) is 0. The van der Waals surface area contributed by atoms with E-state index < -0.39 is 0 Å². The summed E-state index contributed by atoms with van der Waals surface area (Å²) in [5.41, 5.74) is 4.79. The van der Waals surface area contributed by atoms with Crippen LogP contribution in [-0.4, -0.2) is 0 Å². The zero-order chi connectivity index (χ0) is 14.2. The Labute approximate surface area is 115 Å². The molecule has 1 rings (SSSR count). The molecule has 0 aliphatic heterocycles. The van der Waals surface area contributed by atoms with E-state index in [2.05, 4.69) is 52.8 Å². The summed E-state index contributed by atoms with van der Waals surface area (Å²) in [5, 5.41) is 0. The van der Waals surface area contributed by atoms with Crippen LogP contribution in [0.25, 0.3) is 0 Å². The molecule has 0 fully saturated rings. The number of aryl methyl sites for hydroxylation is 2. The molecule has 0 aliphatic carbocycles. The van der Waals surface area contributed by atoms with Crippen molar-refractivity contribution >= 4 is 0 Å². The van der Waals surface area contributed by atoms with Gasteiger partial charge in [-0.3, -0.25) is 0 Å². The summed E-state index contributed by atoms with van der Waals surface area (Å²) in [5.74, 6) is 0. The largest absolute Gasteiger partial charge is 0.0683 e. The van der Waals surface area contributed by atoms with Gasteiger partial charge in [0.05, 0.1) is 0 Å². The van der Waals surface area contributed by atoms with Gasteiger partial charge in [-0.05, 0) is 55.2 Å². The maximum absolute atomic E-state index is 2.40. The molecule has 0 atom stereocenters. The van der Waals surface area contributed by atoms with Gasteiger partial charge in [-0.25, -0.2) is 0 Å². The van der Waals surface area contributed by atoms with Crippen LogP contribution in [0.15, 0.2) is 18.2 Å². The van der Waals surface area contributed by atoms with Crippen molar-refractivity contribution in [2.45, 2.75) is 79.6 Å². The summed E-state index contributed by atoms with van der Waals surface area (Å²) in [6, 6.07) is 7.02. The zero-order valence-electron chi connectivity index (χ0n) is 13.6. The van der Waals surface area contributed by atoms with Crippen LogP contribution in [0, 0.1) is 13.8 Å². The van der Waals surface area contributed by atoms with Crippen LogP contribution >= 0.6 is 0 Å². The Hall–Kier alpha value is -0.780. The van der Waals surface area contributed by atoms with Gasteiger partial charge in [0, 0.05) is 0 Å². The quantitative estimate of drug-likeness (QED) is 0.583. The lowest BCUT2D eigenvalue weighted by Crippen LogP contribution is -2.24. The smallest absolute Gasteiger partial charge is 0.00522 e. The third-order valence-corrected chi connectivity index (χ3v) is 4.20. The highest BCUT2D eigenvalue weighted by molar-refractivity contribution is 5.34. The Bertz CT molecular complexity index is 332. The van der Waals surface area contributed by atoms with Gasteiger partial charge in [0.2, 0.25) is 0 Å². The first-order valence-electron chi connectivity index (χ1n) is 7.67. The van der Waals surface area contributed by atoms with E-state index in [1.54, 1.807) is 5.56 Å². The second-order valence-electron chi connectivity index (χ2n) is 5.04. The predicted molar refractivity (Wildman–Crippen MR) is 84.4 cm³/mol. The Morgan fingerprint density at radius 1 is 0.889 bits per heavy atom. The van der Waals surface area contributed by atoms with Gasteiger partial charge < -0.3 is 0 Å². The molecule has 0 amide bonds. The molecule has 0 N–H and O–H groups in total. The fraction of sp³-hybridized carbons (Fsp3) is 0.667. The van der Waals surface area contributed by atoms with Crippen molar-refractivity contribution in [2.24, 2.45) is 0 Å². The molecule has 0 aliphatic rings. The molecule has 104 valence electrons. The fourth-order valence-corrected chi connectivity index (χ4v) is 2.71. The highest BCUT2D eigenvalue weighted by Crippen LogP contribution is 2.36. The predicted octanol–water partition coefficient (Wildman–Crippen LogP) is 6.19. The molecule has 1 aromatic carbocycles. The number of hydrogen-bond donors (Lipinski definition) is 0. The van der Waals surface area contributed by atoms with E-state index in [-0.39, 0.29) is 0 Å². The van der Waals surface area contributed by atoms with Gasteiger partial charge in [0.15, 0.2) is 0 Å². The molecule has 0 saturated heterocycles. The summed E-state index contributed by atoms with van der Waals surface area (Å²) in [6.45, 7) is 15.4. The Balaban J connectivity index is 0.00000137. The molecule has 0 heterocycles. The zero-order valence-corrected chi connectivity index (χ0v) is 13.6. The topological polar surface area (TPSA) is 0 Å². The molecule has 0 nitrogen and oxygen atoms in total. The summed E-state index contributed by atoms with van der Waals surface area (Å²) < 4.78 is 0. The standard InChI is InChI=1S/C16H26.C2H6/c1-6-11-16(7-2,8-3)15-10-9-13(4)14(5)12-15;1-2/h9-10,12H,6-8,11H2,1-5H3;1-2H3. The molecule has 0 spiro atoms. The minimum Gasteiger partial charge on any atom is -0.0683 e. The van der Waals surface area contributed by atoms with Crippen molar-refractivity contribution in [3.63, 3.8) is 0 Å². The Morgan fingerprint density at radius 3 is 1.83 bits per heavy atom. The van der Waals surface area contributed by atoms with Crippen molar-refractivity contribution in [1.29, 1.82) is 0 Å². The van der Waals surface area contributed by atoms with Crippen molar-refractivity contribution in [2.75, 3.05) is 0 Å². The molecule has 0 unspecified atom stereocenters. The van der Waals surface area contributed by atoms with Gasteiger partial charge in [-0.15, -0.1) is 0 Å².